The number of nitrogens with zero attached hydrogens (tertiary/aromatic N) is 1. The fraction of sp³-hybridized carbons (Fsp3) is 0.500. The lowest BCUT2D eigenvalue weighted by molar-refractivity contribution is -0.0529. The van der Waals surface area contributed by atoms with Gasteiger partial charge in [-0.05, 0) is 67.2 Å². The number of carbonyl (C=O) groups excluding carboxylic acids is 1. The molecule has 0 radical (unpaired) electrons. The first-order valence-electron chi connectivity index (χ1n) is 12.5. The van der Waals surface area contributed by atoms with Gasteiger partial charge in [-0.3, -0.25) is 4.90 Å². The fourth-order valence-corrected chi connectivity index (χ4v) is 5.01. The Balaban J connectivity index is 1.44. The van der Waals surface area contributed by atoms with Crippen LogP contribution in [0.3, 0.4) is 0 Å². The lowest BCUT2D eigenvalue weighted by Gasteiger charge is -2.49. The van der Waals surface area contributed by atoms with Gasteiger partial charge in [0.15, 0.2) is 0 Å². The van der Waals surface area contributed by atoms with Crippen LogP contribution in [0.2, 0.25) is 0 Å². The van der Waals surface area contributed by atoms with E-state index in [0.717, 1.165) is 30.6 Å². The van der Waals surface area contributed by atoms with E-state index in [2.05, 4.69) is 0 Å². The van der Waals surface area contributed by atoms with Crippen molar-refractivity contribution in [1.82, 2.24) is 4.90 Å². The summed E-state index contributed by atoms with van der Waals surface area (Å²) in [7, 11) is 0. The molecule has 2 atom stereocenters. The topological polar surface area (TPSA) is 76.1 Å². The molecular formula is C28H33NO5. The second-order valence-corrected chi connectivity index (χ2v) is 10.1. The maximum Gasteiger partial charge on any atom is 0.408 e. The second kappa shape index (κ2) is 9.79. The van der Waals surface area contributed by atoms with Gasteiger partial charge in [-0.1, -0.05) is 42.5 Å². The summed E-state index contributed by atoms with van der Waals surface area (Å²) in [6, 6.07) is 17.4. The van der Waals surface area contributed by atoms with Crippen molar-refractivity contribution in [3.8, 4) is 0 Å². The summed E-state index contributed by atoms with van der Waals surface area (Å²) < 4.78 is 11.7. The Kier molecular flexibility index (Phi) is 6.59. The van der Waals surface area contributed by atoms with Gasteiger partial charge in [0.2, 0.25) is 0 Å². The van der Waals surface area contributed by atoms with Crippen LogP contribution in [0.1, 0.15) is 60.0 Å². The van der Waals surface area contributed by atoms with E-state index in [1.165, 1.54) is 12.8 Å². The van der Waals surface area contributed by atoms with Gasteiger partial charge < -0.3 is 14.6 Å². The van der Waals surface area contributed by atoms with Crippen LogP contribution in [0, 0.1) is 11.8 Å². The summed E-state index contributed by atoms with van der Waals surface area (Å²) in [6.07, 6.45) is 5.62. The average Bonchev–Trinajstić information content (AvgIpc) is 3.77. The zero-order valence-corrected chi connectivity index (χ0v) is 19.5. The van der Waals surface area contributed by atoms with E-state index in [1.54, 1.807) is 17.0 Å². The van der Waals surface area contributed by atoms with Gasteiger partial charge in [-0.2, -0.15) is 0 Å². The average molecular weight is 464 g/mol. The second-order valence-electron chi connectivity index (χ2n) is 10.1. The standard InChI is InChI=1S/C28H33NO5/c30-26(34-19-22-8-9-22)23-10-12-24(13-11-23)28(16-20-4-2-1-3-5-20)17-25(33-18-21-6-7-21)14-15-29(28)27(31)32/h1-5,10-13,21-22,25H,6-9,14-19H2,(H,31,32)/t25-,28-/m0/s1. The lowest BCUT2D eigenvalue weighted by atomic mass is 9.75. The molecule has 34 heavy (non-hydrogen) atoms. The number of hydrogen-bond acceptors (Lipinski definition) is 4. The molecule has 1 amide bonds. The number of likely N-dealkylation sites (tertiary alicyclic amines) is 1. The molecule has 180 valence electrons. The zero-order valence-electron chi connectivity index (χ0n) is 19.5. The monoisotopic (exact) mass is 463 g/mol. The Bertz CT molecular complexity index is 999. The number of esters is 1. The Morgan fingerprint density at radius 1 is 0.912 bits per heavy atom. The van der Waals surface area contributed by atoms with Gasteiger partial charge in [0.25, 0.3) is 0 Å². The molecule has 0 unspecified atom stereocenters. The van der Waals surface area contributed by atoms with Crippen molar-refractivity contribution in [2.75, 3.05) is 19.8 Å². The molecule has 1 aliphatic heterocycles. The Hall–Kier alpha value is -2.86. The molecular weight excluding hydrogens is 430 g/mol. The van der Waals surface area contributed by atoms with E-state index < -0.39 is 11.6 Å². The van der Waals surface area contributed by atoms with Crippen LogP contribution in [0.4, 0.5) is 4.79 Å². The first-order valence-corrected chi connectivity index (χ1v) is 12.5. The maximum absolute atomic E-state index is 12.5. The molecule has 0 spiro atoms. The number of carbonyl (C=O) groups is 2. The molecule has 3 aliphatic rings. The molecule has 1 N–H and O–H groups in total. The molecule has 2 aliphatic carbocycles. The summed E-state index contributed by atoms with van der Waals surface area (Å²) in [6.45, 7) is 1.65. The SMILES string of the molecule is O=C(OCC1CC1)c1ccc([C@]2(Cc3ccccc3)C[C@@H](OCC3CC3)CCN2C(=O)O)cc1. The van der Waals surface area contributed by atoms with E-state index in [1.807, 2.05) is 42.5 Å². The first kappa shape index (κ1) is 22.9. The lowest BCUT2D eigenvalue weighted by Crippen LogP contribution is -2.56. The van der Waals surface area contributed by atoms with Crippen molar-refractivity contribution in [2.45, 2.75) is 56.6 Å². The van der Waals surface area contributed by atoms with Gasteiger partial charge in [0.1, 0.15) is 0 Å². The highest BCUT2D eigenvalue weighted by molar-refractivity contribution is 5.89. The van der Waals surface area contributed by atoms with Crippen LogP contribution in [-0.2, 0) is 21.4 Å². The number of hydrogen-bond donors (Lipinski definition) is 1. The highest BCUT2D eigenvalue weighted by Crippen LogP contribution is 2.42. The van der Waals surface area contributed by atoms with Gasteiger partial charge in [0, 0.05) is 26.0 Å². The predicted octanol–water partition coefficient (Wildman–Crippen LogP) is 5.26. The number of piperidine rings is 1. The fourth-order valence-electron chi connectivity index (χ4n) is 5.01. The molecule has 1 saturated heterocycles. The number of carboxylic acid groups (broad SMARTS) is 1. The van der Waals surface area contributed by atoms with E-state index in [9.17, 15) is 14.7 Å². The van der Waals surface area contributed by atoms with Crippen LogP contribution in [0.5, 0.6) is 0 Å². The highest BCUT2D eigenvalue weighted by atomic mass is 16.5. The minimum absolute atomic E-state index is 0.00287. The summed E-state index contributed by atoms with van der Waals surface area (Å²) in [5.41, 5.74) is 1.69. The third-order valence-corrected chi connectivity index (χ3v) is 7.40. The van der Waals surface area contributed by atoms with Crippen molar-refractivity contribution in [3.63, 3.8) is 0 Å². The number of benzene rings is 2. The molecule has 2 saturated carbocycles. The van der Waals surface area contributed by atoms with Gasteiger partial charge in [-0.25, -0.2) is 9.59 Å². The van der Waals surface area contributed by atoms with E-state index >= 15 is 0 Å². The third-order valence-electron chi connectivity index (χ3n) is 7.40. The smallest absolute Gasteiger partial charge is 0.408 e. The van der Waals surface area contributed by atoms with Crippen molar-refractivity contribution in [1.29, 1.82) is 0 Å². The Morgan fingerprint density at radius 2 is 1.59 bits per heavy atom. The van der Waals surface area contributed by atoms with Gasteiger partial charge in [0.05, 0.1) is 23.8 Å². The molecule has 3 fully saturated rings. The van der Waals surface area contributed by atoms with Crippen LogP contribution in [0.25, 0.3) is 0 Å². The van der Waals surface area contributed by atoms with Crippen LogP contribution >= 0.6 is 0 Å². The Morgan fingerprint density at radius 3 is 2.24 bits per heavy atom. The van der Waals surface area contributed by atoms with Crippen molar-refractivity contribution < 1.29 is 24.2 Å². The van der Waals surface area contributed by atoms with E-state index in [-0.39, 0.29) is 12.1 Å². The molecule has 6 heteroatoms. The largest absolute Gasteiger partial charge is 0.465 e. The summed E-state index contributed by atoms with van der Waals surface area (Å²) in [5.74, 6) is 0.846. The van der Waals surface area contributed by atoms with Crippen molar-refractivity contribution in [2.24, 2.45) is 11.8 Å². The van der Waals surface area contributed by atoms with Gasteiger partial charge >= 0.3 is 12.1 Å². The summed E-state index contributed by atoms with van der Waals surface area (Å²) in [5, 5.41) is 10.2. The molecule has 2 aromatic rings. The van der Waals surface area contributed by atoms with Crippen LogP contribution < -0.4 is 0 Å². The van der Waals surface area contributed by atoms with Crippen molar-refractivity contribution in [3.05, 3.63) is 71.3 Å². The van der Waals surface area contributed by atoms with Crippen LogP contribution in [0.15, 0.2) is 54.6 Å². The minimum Gasteiger partial charge on any atom is -0.465 e. The van der Waals surface area contributed by atoms with Crippen LogP contribution in [-0.4, -0.2) is 47.9 Å². The number of rotatable bonds is 9. The normalized spacial score (nSPS) is 24.6. The summed E-state index contributed by atoms with van der Waals surface area (Å²) >= 11 is 0. The zero-order chi connectivity index (χ0) is 23.5. The molecule has 0 bridgehead atoms. The first-order chi connectivity index (χ1) is 16.5. The Labute approximate surface area is 200 Å². The van der Waals surface area contributed by atoms with E-state index in [0.29, 0.717) is 49.8 Å². The highest BCUT2D eigenvalue weighted by Gasteiger charge is 2.47. The van der Waals surface area contributed by atoms with E-state index in [4.69, 9.17) is 9.47 Å². The minimum atomic E-state index is -0.926. The quantitative estimate of drug-likeness (QED) is 0.514. The molecule has 0 aromatic heterocycles. The van der Waals surface area contributed by atoms with Crippen molar-refractivity contribution >= 4 is 12.1 Å². The molecule has 5 rings (SSSR count). The molecule has 6 nitrogen and oxygen atoms in total. The molecule has 2 aromatic carbocycles. The number of ether oxygens (including phenoxy) is 2. The maximum atomic E-state index is 12.5. The third kappa shape index (κ3) is 5.27. The predicted molar refractivity (Wildman–Crippen MR) is 128 cm³/mol. The van der Waals surface area contributed by atoms with Gasteiger partial charge in [-0.15, -0.1) is 0 Å². The molecule has 1 heterocycles. The number of amides is 1. The summed E-state index contributed by atoms with van der Waals surface area (Å²) in [4.78, 5) is 26.5.